The Morgan fingerprint density at radius 3 is 2.44 bits per heavy atom. The zero-order valence-electron chi connectivity index (χ0n) is 14.4. The van der Waals surface area contributed by atoms with E-state index in [1.54, 1.807) is 23.1 Å². The van der Waals surface area contributed by atoms with Crippen molar-refractivity contribution in [1.82, 2.24) is 4.90 Å². The summed E-state index contributed by atoms with van der Waals surface area (Å²) in [5.41, 5.74) is 0.202. The average molecular weight is 350 g/mol. The van der Waals surface area contributed by atoms with Gasteiger partial charge < -0.3 is 19.3 Å². The topological polar surface area (TPSA) is 59.1 Å². The molecule has 7 heteroatoms. The fourth-order valence-electron chi connectivity index (χ4n) is 3.37. The standard InChI is InChI=1S/C18H23FN2O4/c1-14(22)21(16-5-3-2-4-15(16)19)9-6-17(23)20-10-7-18(8-11-20)24-12-13-25-18/h2-5H,6-13H2,1H3. The number of likely N-dealkylation sites (tertiary alicyclic amines) is 1. The SMILES string of the molecule is CC(=O)N(CCC(=O)N1CCC2(CC1)OCCO2)c1ccccc1F. The lowest BCUT2D eigenvalue weighted by atomic mass is 10.0. The molecule has 2 fully saturated rings. The molecule has 6 nitrogen and oxygen atoms in total. The lowest BCUT2D eigenvalue weighted by molar-refractivity contribution is -0.187. The molecule has 1 aromatic rings. The highest BCUT2D eigenvalue weighted by molar-refractivity contribution is 5.92. The van der Waals surface area contributed by atoms with Gasteiger partial charge >= 0.3 is 0 Å². The number of hydrogen-bond acceptors (Lipinski definition) is 4. The molecule has 0 unspecified atom stereocenters. The molecule has 0 saturated carbocycles. The number of ether oxygens (including phenoxy) is 2. The van der Waals surface area contributed by atoms with Gasteiger partial charge in [0.2, 0.25) is 11.8 Å². The van der Waals surface area contributed by atoms with Crippen molar-refractivity contribution in [2.45, 2.75) is 32.0 Å². The molecular weight excluding hydrogens is 327 g/mol. The van der Waals surface area contributed by atoms with E-state index in [2.05, 4.69) is 0 Å². The molecule has 2 aliphatic heterocycles. The van der Waals surface area contributed by atoms with E-state index in [9.17, 15) is 14.0 Å². The van der Waals surface area contributed by atoms with Gasteiger partial charge in [0.1, 0.15) is 5.82 Å². The van der Waals surface area contributed by atoms with Gasteiger partial charge in [0.25, 0.3) is 0 Å². The van der Waals surface area contributed by atoms with E-state index >= 15 is 0 Å². The van der Waals surface area contributed by atoms with Crippen molar-refractivity contribution in [2.75, 3.05) is 37.7 Å². The molecule has 25 heavy (non-hydrogen) atoms. The van der Waals surface area contributed by atoms with Crippen LogP contribution in [0.3, 0.4) is 0 Å². The summed E-state index contributed by atoms with van der Waals surface area (Å²) in [5, 5.41) is 0. The van der Waals surface area contributed by atoms with Crippen molar-refractivity contribution in [2.24, 2.45) is 0 Å². The first-order chi connectivity index (χ1) is 12.0. The van der Waals surface area contributed by atoms with Gasteiger partial charge in [-0.05, 0) is 12.1 Å². The van der Waals surface area contributed by atoms with Crippen LogP contribution in [0.15, 0.2) is 24.3 Å². The number of piperidine rings is 1. The Morgan fingerprint density at radius 2 is 1.84 bits per heavy atom. The van der Waals surface area contributed by atoms with Crippen molar-refractivity contribution in [1.29, 1.82) is 0 Å². The van der Waals surface area contributed by atoms with Crippen LogP contribution >= 0.6 is 0 Å². The van der Waals surface area contributed by atoms with Crippen LogP contribution in [0.1, 0.15) is 26.2 Å². The lowest BCUT2D eigenvalue weighted by Gasteiger charge is -2.37. The third-order valence-corrected chi connectivity index (χ3v) is 4.76. The maximum atomic E-state index is 13.9. The van der Waals surface area contributed by atoms with Crippen molar-refractivity contribution in [3.05, 3.63) is 30.1 Å². The van der Waals surface area contributed by atoms with Gasteiger partial charge in [-0.15, -0.1) is 0 Å². The van der Waals surface area contributed by atoms with E-state index in [0.29, 0.717) is 39.1 Å². The van der Waals surface area contributed by atoms with Crippen LogP contribution in [-0.4, -0.2) is 55.3 Å². The Balaban J connectivity index is 1.56. The van der Waals surface area contributed by atoms with Crippen molar-refractivity contribution < 1.29 is 23.5 Å². The molecule has 0 radical (unpaired) electrons. The fourth-order valence-corrected chi connectivity index (χ4v) is 3.37. The Kier molecular flexibility index (Phi) is 5.34. The Bertz CT molecular complexity index is 636. The molecule has 1 aromatic carbocycles. The number of nitrogens with zero attached hydrogens (tertiary/aromatic N) is 2. The highest BCUT2D eigenvalue weighted by Gasteiger charge is 2.40. The maximum Gasteiger partial charge on any atom is 0.224 e. The highest BCUT2D eigenvalue weighted by atomic mass is 19.1. The summed E-state index contributed by atoms with van der Waals surface area (Å²) < 4.78 is 25.2. The number of anilines is 1. The number of carbonyl (C=O) groups is 2. The second-order valence-electron chi connectivity index (χ2n) is 6.36. The number of amides is 2. The molecule has 0 aliphatic carbocycles. The second-order valence-corrected chi connectivity index (χ2v) is 6.36. The largest absolute Gasteiger partial charge is 0.347 e. The number of benzene rings is 1. The molecule has 2 heterocycles. The molecular formula is C18H23FN2O4. The summed E-state index contributed by atoms with van der Waals surface area (Å²) in [6, 6.07) is 6.08. The summed E-state index contributed by atoms with van der Waals surface area (Å²) in [6.45, 7) is 3.87. The summed E-state index contributed by atoms with van der Waals surface area (Å²) in [5.74, 6) is -1.32. The predicted molar refractivity (Wildman–Crippen MR) is 89.5 cm³/mol. The molecule has 0 aromatic heterocycles. The minimum atomic E-state index is -0.518. The summed E-state index contributed by atoms with van der Waals surface area (Å²) >= 11 is 0. The molecule has 0 atom stereocenters. The number of rotatable bonds is 4. The maximum absolute atomic E-state index is 13.9. The fraction of sp³-hybridized carbons (Fsp3) is 0.556. The summed E-state index contributed by atoms with van der Waals surface area (Å²) in [6.07, 6.45) is 1.47. The Morgan fingerprint density at radius 1 is 1.20 bits per heavy atom. The van der Waals surface area contributed by atoms with E-state index in [4.69, 9.17) is 9.47 Å². The van der Waals surface area contributed by atoms with Crippen LogP contribution in [0.5, 0.6) is 0 Å². The van der Waals surface area contributed by atoms with E-state index in [0.717, 1.165) is 0 Å². The second kappa shape index (κ2) is 7.49. The molecule has 2 aliphatic rings. The first-order valence-corrected chi connectivity index (χ1v) is 8.59. The van der Waals surface area contributed by atoms with Crippen molar-refractivity contribution in [3.8, 4) is 0 Å². The van der Waals surface area contributed by atoms with Gasteiger partial charge in [0.15, 0.2) is 5.79 Å². The first-order valence-electron chi connectivity index (χ1n) is 8.59. The van der Waals surface area contributed by atoms with Crippen LogP contribution in [0.4, 0.5) is 10.1 Å². The number of hydrogen-bond donors (Lipinski definition) is 0. The van der Waals surface area contributed by atoms with Crippen molar-refractivity contribution in [3.63, 3.8) is 0 Å². The number of halogens is 1. The van der Waals surface area contributed by atoms with Crippen LogP contribution in [0.2, 0.25) is 0 Å². The van der Waals surface area contributed by atoms with Crippen LogP contribution < -0.4 is 4.90 Å². The molecule has 3 rings (SSSR count). The number of carbonyl (C=O) groups excluding carboxylic acids is 2. The Labute approximate surface area is 146 Å². The van der Waals surface area contributed by atoms with E-state index in [-0.39, 0.29) is 30.5 Å². The van der Waals surface area contributed by atoms with Gasteiger partial charge in [0, 0.05) is 45.8 Å². The van der Waals surface area contributed by atoms with Gasteiger partial charge in [-0.2, -0.15) is 0 Å². The van der Waals surface area contributed by atoms with Crippen molar-refractivity contribution >= 4 is 17.5 Å². The third-order valence-electron chi connectivity index (χ3n) is 4.76. The van der Waals surface area contributed by atoms with Gasteiger partial charge in [-0.1, -0.05) is 12.1 Å². The molecule has 0 bridgehead atoms. The van der Waals surface area contributed by atoms with E-state index < -0.39 is 11.6 Å². The average Bonchev–Trinajstić information content (AvgIpc) is 3.05. The summed E-state index contributed by atoms with van der Waals surface area (Å²) in [7, 11) is 0. The van der Waals surface area contributed by atoms with Gasteiger partial charge in [-0.25, -0.2) is 4.39 Å². The Hall–Kier alpha value is -1.99. The van der Waals surface area contributed by atoms with Crippen LogP contribution in [0, 0.1) is 5.82 Å². The smallest absolute Gasteiger partial charge is 0.224 e. The lowest BCUT2D eigenvalue weighted by Crippen LogP contribution is -2.48. The first kappa shape index (κ1) is 17.8. The molecule has 2 saturated heterocycles. The monoisotopic (exact) mass is 350 g/mol. The quantitative estimate of drug-likeness (QED) is 0.833. The minimum absolute atomic E-state index is 0.0459. The minimum Gasteiger partial charge on any atom is -0.347 e. The van der Waals surface area contributed by atoms with E-state index in [1.165, 1.54) is 17.9 Å². The zero-order chi connectivity index (χ0) is 17.9. The molecule has 1 spiro atoms. The molecule has 136 valence electrons. The van der Waals surface area contributed by atoms with E-state index in [1.807, 2.05) is 0 Å². The van der Waals surface area contributed by atoms with Gasteiger partial charge in [-0.3, -0.25) is 9.59 Å². The van der Waals surface area contributed by atoms with Crippen LogP contribution in [0.25, 0.3) is 0 Å². The molecule has 2 amide bonds. The normalized spacial score (nSPS) is 19.2. The zero-order valence-corrected chi connectivity index (χ0v) is 14.4. The predicted octanol–water partition coefficient (Wildman–Crippen LogP) is 1.93. The number of para-hydroxylation sites is 1. The molecule has 0 N–H and O–H groups in total. The van der Waals surface area contributed by atoms with Crippen LogP contribution in [-0.2, 0) is 19.1 Å². The highest BCUT2D eigenvalue weighted by Crippen LogP contribution is 2.31. The third kappa shape index (κ3) is 3.99. The summed E-state index contributed by atoms with van der Waals surface area (Å²) in [4.78, 5) is 27.4. The van der Waals surface area contributed by atoms with Gasteiger partial charge in [0.05, 0.1) is 18.9 Å².